The van der Waals surface area contributed by atoms with Gasteiger partial charge in [0.15, 0.2) is 0 Å². The lowest BCUT2D eigenvalue weighted by atomic mass is 10.1. The molecule has 1 aliphatic rings. The molecule has 0 aromatic rings. The van der Waals surface area contributed by atoms with Gasteiger partial charge in [-0.05, 0) is 26.7 Å². The molecule has 0 radical (unpaired) electrons. The average molecular weight is 249 g/mol. The van der Waals surface area contributed by atoms with Crippen LogP contribution >= 0.6 is 0 Å². The molecule has 16 heavy (non-hydrogen) atoms. The predicted octanol–water partition coefficient (Wildman–Crippen LogP) is 0.433. The molecule has 1 rings (SSSR count). The van der Waals surface area contributed by atoms with Gasteiger partial charge in [-0.1, -0.05) is 12.8 Å². The highest BCUT2D eigenvalue weighted by Gasteiger charge is 2.30. The molecular formula is C10H23N3O2S. The molecule has 5 nitrogen and oxygen atoms in total. The summed E-state index contributed by atoms with van der Waals surface area (Å²) in [5, 5.41) is 0. The van der Waals surface area contributed by atoms with Gasteiger partial charge in [0.1, 0.15) is 0 Å². The van der Waals surface area contributed by atoms with Crippen molar-refractivity contribution in [2.24, 2.45) is 5.73 Å². The number of nitrogens with two attached hydrogens (primary N) is 1. The van der Waals surface area contributed by atoms with Crippen molar-refractivity contribution in [3.63, 3.8) is 0 Å². The zero-order valence-electron chi connectivity index (χ0n) is 10.1. The fourth-order valence-electron chi connectivity index (χ4n) is 2.07. The molecule has 0 aromatic heterocycles. The van der Waals surface area contributed by atoms with Crippen molar-refractivity contribution in [1.82, 2.24) is 9.03 Å². The van der Waals surface area contributed by atoms with Crippen LogP contribution in [0.15, 0.2) is 0 Å². The Morgan fingerprint density at radius 1 is 1.38 bits per heavy atom. The molecule has 1 heterocycles. The number of rotatable bonds is 4. The Kier molecular flexibility index (Phi) is 5.17. The Morgan fingerprint density at radius 2 is 2.06 bits per heavy atom. The summed E-state index contributed by atoms with van der Waals surface area (Å²) in [5.74, 6) is 0. The van der Waals surface area contributed by atoms with Gasteiger partial charge in [-0.25, -0.2) is 0 Å². The van der Waals surface area contributed by atoms with E-state index in [-0.39, 0.29) is 12.1 Å². The average Bonchev–Trinajstić information content (AvgIpc) is 2.40. The second kappa shape index (κ2) is 5.95. The molecule has 6 heteroatoms. The third-order valence-corrected chi connectivity index (χ3v) is 4.66. The Balaban J connectivity index is 2.80. The fourth-order valence-corrected chi connectivity index (χ4v) is 3.75. The Morgan fingerprint density at radius 3 is 2.62 bits per heavy atom. The molecule has 1 atom stereocenters. The van der Waals surface area contributed by atoms with Crippen molar-refractivity contribution in [3.05, 3.63) is 0 Å². The standard InChI is InChI=1S/C10H23N3O2S/c1-9(2)12-16(14,15)13-7-5-3-4-6-10(13)8-11/h9-10,12H,3-8,11H2,1-2H3. The van der Waals surface area contributed by atoms with E-state index in [0.717, 1.165) is 25.7 Å². The molecule has 0 aliphatic carbocycles. The number of nitrogens with one attached hydrogen (secondary N) is 1. The summed E-state index contributed by atoms with van der Waals surface area (Å²) in [7, 11) is -3.36. The first kappa shape index (κ1) is 13.9. The lowest BCUT2D eigenvalue weighted by molar-refractivity contribution is 0.321. The van der Waals surface area contributed by atoms with Crippen LogP contribution in [0, 0.1) is 0 Å². The van der Waals surface area contributed by atoms with Gasteiger partial charge in [0.05, 0.1) is 0 Å². The van der Waals surface area contributed by atoms with Crippen molar-refractivity contribution >= 4 is 10.2 Å². The second-order valence-electron chi connectivity index (χ2n) is 4.63. The first-order chi connectivity index (χ1) is 7.47. The van der Waals surface area contributed by atoms with E-state index in [1.165, 1.54) is 0 Å². The quantitative estimate of drug-likeness (QED) is 0.759. The molecule has 0 spiro atoms. The summed E-state index contributed by atoms with van der Waals surface area (Å²) in [6.45, 7) is 4.64. The van der Waals surface area contributed by atoms with Crippen LogP contribution in [-0.2, 0) is 10.2 Å². The van der Waals surface area contributed by atoms with Crippen molar-refractivity contribution in [2.75, 3.05) is 13.1 Å². The molecule has 0 amide bonds. The smallest absolute Gasteiger partial charge is 0.279 e. The molecule has 1 unspecified atom stereocenters. The Bertz CT molecular complexity index is 303. The van der Waals surface area contributed by atoms with E-state index in [1.807, 2.05) is 13.8 Å². The van der Waals surface area contributed by atoms with Crippen molar-refractivity contribution in [3.8, 4) is 0 Å². The van der Waals surface area contributed by atoms with Crippen LogP contribution in [0.1, 0.15) is 39.5 Å². The molecule has 1 fully saturated rings. The van der Waals surface area contributed by atoms with Crippen LogP contribution in [0.2, 0.25) is 0 Å². The lowest BCUT2D eigenvalue weighted by Crippen LogP contribution is -2.50. The van der Waals surface area contributed by atoms with Gasteiger partial charge in [0, 0.05) is 25.2 Å². The third kappa shape index (κ3) is 3.69. The van der Waals surface area contributed by atoms with E-state index in [9.17, 15) is 8.42 Å². The van der Waals surface area contributed by atoms with Crippen molar-refractivity contribution in [1.29, 1.82) is 0 Å². The monoisotopic (exact) mass is 249 g/mol. The second-order valence-corrected chi connectivity index (χ2v) is 6.28. The summed E-state index contributed by atoms with van der Waals surface area (Å²) < 4.78 is 28.3. The summed E-state index contributed by atoms with van der Waals surface area (Å²) in [6.07, 6.45) is 3.95. The van der Waals surface area contributed by atoms with Crippen LogP contribution in [0.25, 0.3) is 0 Å². The zero-order valence-corrected chi connectivity index (χ0v) is 11.0. The van der Waals surface area contributed by atoms with Gasteiger partial charge in [-0.3, -0.25) is 0 Å². The molecule has 1 aliphatic heterocycles. The maximum Gasteiger partial charge on any atom is 0.279 e. The minimum atomic E-state index is -3.36. The van der Waals surface area contributed by atoms with Crippen LogP contribution < -0.4 is 10.5 Å². The molecule has 1 saturated heterocycles. The van der Waals surface area contributed by atoms with E-state index in [2.05, 4.69) is 4.72 Å². The van der Waals surface area contributed by atoms with Crippen LogP contribution in [0.5, 0.6) is 0 Å². The van der Waals surface area contributed by atoms with Crippen LogP contribution in [-0.4, -0.2) is 37.9 Å². The minimum Gasteiger partial charge on any atom is -0.329 e. The fraction of sp³-hybridized carbons (Fsp3) is 1.00. The summed E-state index contributed by atoms with van der Waals surface area (Å²) >= 11 is 0. The predicted molar refractivity (Wildman–Crippen MR) is 65.2 cm³/mol. The van der Waals surface area contributed by atoms with Gasteiger partial charge < -0.3 is 5.73 Å². The minimum absolute atomic E-state index is 0.0428. The highest BCUT2D eigenvalue weighted by molar-refractivity contribution is 7.87. The van der Waals surface area contributed by atoms with Gasteiger partial charge in [-0.15, -0.1) is 0 Å². The molecule has 0 bridgehead atoms. The number of hydrogen-bond donors (Lipinski definition) is 2. The Hall–Kier alpha value is -0.170. The lowest BCUT2D eigenvalue weighted by Gasteiger charge is -2.28. The molecular weight excluding hydrogens is 226 g/mol. The van der Waals surface area contributed by atoms with E-state index < -0.39 is 10.2 Å². The van der Waals surface area contributed by atoms with E-state index in [1.54, 1.807) is 4.31 Å². The summed E-state index contributed by atoms with van der Waals surface area (Å²) in [4.78, 5) is 0. The zero-order chi connectivity index (χ0) is 12.2. The normalized spacial score (nSPS) is 24.6. The maximum absolute atomic E-state index is 12.1. The van der Waals surface area contributed by atoms with Gasteiger partial charge >= 0.3 is 0 Å². The highest BCUT2D eigenvalue weighted by Crippen LogP contribution is 2.18. The molecule has 96 valence electrons. The van der Waals surface area contributed by atoms with Gasteiger partial charge in [0.2, 0.25) is 0 Å². The SMILES string of the molecule is CC(C)NS(=O)(=O)N1CCCCCC1CN. The van der Waals surface area contributed by atoms with Crippen molar-refractivity contribution in [2.45, 2.75) is 51.6 Å². The van der Waals surface area contributed by atoms with Gasteiger partial charge in [0.25, 0.3) is 10.2 Å². The summed E-state index contributed by atoms with van der Waals surface area (Å²) in [5.41, 5.74) is 5.66. The van der Waals surface area contributed by atoms with E-state index in [0.29, 0.717) is 13.1 Å². The van der Waals surface area contributed by atoms with Crippen LogP contribution in [0.4, 0.5) is 0 Å². The topological polar surface area (TPSA) is 75.4 Å². The molecule has 3 N–H and O–H groups in total. The van der Waals surface area contributed by atoms with Crippen LogP contribution in [0.3, 0.4) is 0 Å². The molecule has 0 saturated carbocycles. The largest absolute Gasteiger partial charge is 0.329 e. The Labute approximate surface area is 98.6 Å². The summed E-state index contributed by atoms with van der Waals surface area (Å²) in [6, 6.07) is -0.120. The first-order valence-electron chi connectivity index (χ1n) is 5.96. The third-order valence-electron chi connectivity index (χ3n) is 2.79. The van der Waals surface area contributed by atoms with Gasteiger partial charge in [-0.2, -0.15) is 17.4 Å². The number of nitrogens with zero attached hydrogens (tertiary/aromatic N) is 1. The molecule has 0 aromatic carbocycles. The van der Waals surface area contributed by atoms with E-state index >= 15 is 0 Å². The maximum atomic E-state index is 12.1. The van der Waals surface area contributed by atoms with E-state index in [4.69, 9.17) is 5.73 Å². The van der Waals surface area contributed by atoms with Crippen molar-refractivity contribution < 1.29 is 8.42 Å². The highest BCUT2D eigenvalue weighted by atomic mass is 32.2. The first-order valence-corrected chi connectivity index (χ1v) is 7.40. The number of hydrogen-bond acceptors (Lipinski definition) is 3.